The molecule has 154 valence electrons. The summed E-state index contributed by atoms with van der Waals surface area (Å²) in [7, 11) is 0. The predicted molar refractivity (Wildman–Crippen MR) is 107 cm³/mol. The summed E-state index contributed by atoms with van der Waals surface area (Å²) >= 11 is 0. The van der Waals surface area contributed by atoms with E-state index in [2.05, 4.69) is 27.7 Å². The number of carbonyl (C=O) groups is 2. The number of ether oxygens (including phenoxy) is 1. The summed E-state index contributed by atoms with van der Waals surface area (Å²) in [5, 5.41) is 5.17. The predicted octanol–water partition coefficient (Wildman–Crippen LogP) is 2.02. The molecule has 2 N–H and O–H groups in total. The number of carbonyl (C=O) groups excluding carboxylic acids is 2. The van der Waals surface area contributed by atoms with E-state index in [0.717, 1.165) is 31.6 Å². The highest BCUT2D eigenvalue weighted by atomic mass is 19.1. The Morgan fingerprint density at radius 3 is 2.52 bits per heavy atom. The van der Waals surface area contributed by atoms with E-state index in [-0.39, 0.29) is 18.5 Å². The van der Waals surface area contributed by atoms with Gasteiger partial charge in [0, 0.05) is 32.7 Å². The van der Waals surface area contributed by atoms with E-state index < -0.39 is 11.8 Å². The minimum atomic E-state index is -0.690. The van der Waals surface area contributed by atoms with E-state index >= 15 is 0 Å². The number of nitrogens with zero attached hydrogens (tertiary/aromatic N) is 1. The van der Waals surface area contributed by atoms with Crippen LogP contribution in [0, 0.1) is 5.82 Å². The van der Waals surface area contributed by atoms with Crippen LogP contribution in [0.1, 0.15) is 23.7 Å². The van der Waals surface area contributed by atoms with Gasteiger partial charge in [0.15, 0.2) is 0 Å². The fourth-order valence-electron chi connectivity index (χ4n) is 3.22. The maximum atomic E-state index is 12.9. The minimum Gasteiger partial charge on any atom is -0.371 e. The first-order valence-corrected chi connectivity index (χ1v) is 9.81. The fourth-order valence-corrected chi connectivity index (χ4v) is 3.22. The maximum Gasteiger partial charge on any atom is 0.309 e. The smallest absolute Gasteiger partial charge is 0.309 e. The van der Waals surface area contributed by atoms with E-state index in [1.165, 1.54) is 17.7 Å². The molecular weight excluding hydrogens is 373 g/mol. The van der Waals surface area contributed by atoms with Gasteiger partial charge in [0.2, 0.25) is 0 Å². The van der Waals surface area contributed by atoms with Crippen molar-refractivity contribution in [3.8, 4) is 0 Å². The van der Waals surface area contributed by atoms with Gasteiger partial charge in [-0.15, -0.1) is 0 Å². The zero-order valence-electron chi connectivity index (χ0n) is 16.3. The molecule has 0 radical (unpaired) electrons. The number of hydrogen-bond donors (Lipinski definition) is 2. The van der Waals surface area contributed by atoms with Gasteiger partial charge in [-0.3, -0.25) is 14.5 Å². The number of nitrogens with one attached hydrogen (secondary N) is 2. The molecule has 1 atom stereocenters. The van der Waals surface area contributed by atoms with Crippen LogP contribution >= 0.6 is 0 Å². The lowest BCUT2D eigenvalue weighted by Gasteiger charge is -2.33. The highest BCUT2D eigenvalue weighted by Crippen LogP contribution is 2.21. The standard InChI is InChI=1S/C22H26FN3O3/c23-19-9-7-17(8-10-19)15-25-22(28)21(27)24-11-4-12-26-13-14-29-20(16-26)18-5-2-1-3-6-18/h1-3,5-10,20H,4,11-16H2,(H,24,27)(H,25,28)/t20-/m0/s1. The van der Waals surface area contributed by atoms with Crippen molar-refractivity contribution < 1.29 is 18.7 Å². The first-order chi connectivity index (χ1) is 14.1. The van der Waals surface area contributed by atoms with Crippen molar-refractivity contribution in [1.29, 1.82) is 0 Å². The molecule has 2 aromatic carbocycles. The van der Waals surface area contributed by atoms with Gasteiger partial charge in [0.05, 0.1) is 12.7 Å². The van der Waals surface area contributed by atoms with Gasteiger partial charge in [0.1, 0.15) is 5.82 Å². The average molecular weight is 399 g/mol. The SMILES string of the molecule is O=C(NCCCN1CCO[C@H](c2ccccc2)C1)C(=O)NCc1ccc(F)cc1. The highest BCUT2D eigenvalue weighted by molar-refractivity contribution is 6.35. The Morgan fingerprint density at radius 2 is 1.76 bits per heavy atom. The largest absolute Gasteiger partial charge is 0.371 e. The second-order valence-corrected chi connectivity index (χ2v) is 6.99. The van der Waals surface area contributed by atoms with Crippen molar-refractivity contribution in [2.45, 2.75) is 19.1 Å². The van der Waals surface area contributed by atoms with E-state index in [4.69, 9.17) is 4.74 Å². The first-order valence-electron chi connectivity index (χ1n) is 9.81. The number of amides is 2. The van der Waals surface area contributed by atoms with Gasteiger partial charge in [-0.05, 0) is 29.7 Å². The topological polar surface area (TPSA) is 70.7 Å². The second-order valence-electron chi connectivity index (χ2n) is 6.99. The lowest BCUT2D eigenvalue weighted by molar-refractivity contribution is -0.139. The molecule has 0 aromatic heterocycles. The van der Waals surface area contributed by atoms with Crippen LogP contribution in [-0.4, -0.2) is 49.5 Å². The molecule has 3 rings (SSSR count). The van der Waals surface area contributed by atoms with Gasteiger partial charge < -0.3 is 15.4 Å². The summed E-state index contributed by atoms with van der Waals surface area (Å²) in [6.45, 7) is 3.78. The third-order valence-electron chi connectivity index (χ3n) is 4.83. The molecule has 1 fully saturated rings. The molecule has 1 aliphatic rings. The zero-order chi connectivity index (χ0) is 20.5. The number of hydrogen-bond acceptors (Lipinski definition) is 4. The number of morpholine rings is 1. The van der Waals surface area contributed by atoms with Crippen molar-refractivity contribution in [2.24, 2.45) is 0 Å². The molecule has 29 heavy (non-hydrogen) atoms. The van der Waals surface area contributed by atoms with Crippen LogP contribution < -0.4 is 10.6 Å². The Labute approximate surface area is 170 Å². The third-order valence-corrected chi connectivity index (χ3v) is 4.83. The van der Waals surface area contributed by atoms with Gasteiger partial charge in [-0.2, -0.15) is 0 Å². The highest BCUT2D eigenvalue weighted by Gasteiger charge is 2.21. The fraction of sp³-hybridized carbons (Fsp3) is 0.364. The van der Waals surface area contributed by atoms with Crippen molar-refractivity contribution in [3.63, 3.8) is 0 Å². The Bertz CT molecular complexity index is 799. The molecule has 2 aromatic rings. The molecule has 6 nitrogen and oxygen atoms in total. The van der Waals surface area contributed by atoms with Gasteiger partial charge in [-0.1, -0.05) is 42.5 Å². The third kappa shape index (κ3) is 6.66. The molecule has 0 saturated carbocycles. The van der Waals surface area contributed by atoms with Crippen molar-refractivity contribution in [3.05, 3.63) is 71.5 Å². The molecule has 0 bridgehead atoms. The van der Waals surface area contributed by atoms with E-state index in [1.54, 1.807) is 12.1 Å². The molecule has 7 heteroatoms. The van der Waals surface area contributed by atoms with E-state index in [0.29, 0.717) is 13.2 Å². The summed E-state index contributed by atoms with van der Waals surface area (Å²) in [6, 6.07) is 15.9. The van der Waals surface area contributed by atoms with Gasteiger partial charge >= 0.3 is 11.8 Å². The summed E-state index contributed by atoms with van der Waals surface area (Å²) in [4.78, 5) is 26.1. The molecular formula is C22H26FN3O3. The molecule has 1 aliphatic heterocycles. The van der Waals surface area contributed by atoms with Crippen LogP contribution in [0.15, 0.2) is 54.6 Å². The molecule has 1 saturated heterocycles. The number of rotatable bonds is 7. The maximum absolute atomic E-state index is 12.9. The molecule has 0 spiro atoms. The lowest BCUT2D eigenvalue weighted by Crippen LogP contribution is -2.42. The van der Waals surface area contributed by atoms with Crippen molar-refractivity contribution in [1.82, 2.24) is 15.5 Å². The normalized spacial score (nSPS) is 16.9. The Morgan fingerprint density at radius 1 is 1.03 bits per heavy atom. The Hall–Kier alpha value is -2.77. The van der Waals surface area contributed by atoms with Crippen LogP contribution in [-0.2, 0) is 20.9 Å². The lowest BCUT2D eigenvalue weighted by atomic mass is 10.1. The number of halogens is 1. The van der Waals surface area contributed by atoms with Gasteiger partial charge in [-0.25, -0.2) is 4.39 Å². The zero-order valence-corrected chi connectivity index (χ0v) is 16.3. The number of benzene rings is 2. The molecule has 0 unspecified atom stereocenters. The Kier molecular flexibility index (Phi) is 7.72. The van der Waals surface area contributed by atoms with E-state index in [9.17, 15) is 14.0 Å². The van der Waals surface area contributed by atoms with Crippen molar-refractivity contribution in [2.75, 3.05) is 32.8 Å². The van der Waals surface area contributed by atoms with Crippen LogP contribution in [0.25, 0.3) is 0 Å². The summed E-state index contributed by atoms with van der Waals surface area (Å²) in [5.74, 6) is -1.69. The molecule has 1 heterocycles. The van der Waals surface area contributed by atoms with Crippen LogP contribution in [0.3, 0.4) is 0 Å². The van der Waals surface area contributed by atoms with E-state index in [1.807, 2.05) is 18.2 Å². The average Bonchev–Trinajstić information content (AvgIpc) is 2.77. The monoisotopic (exact) mass is 399 g/mol. The second kappa shape index (κ2) is 10.7. The summed E-state index contributed by atoms with van der Waals surface area (Å²) in [5.41, 5.74) is 1.90. The molecule has 2 amide bonds. The van der Waals surface area contributed by atoms with Gasteiger partial charge in [0.25, 0.3) is 0 Å². The van der Waals surface area contributed by atoms with Crippen LogP contribution in [0.4, 0.5) is 4.39 Å². The summed E-state index contributed by atoms with van der Waals surface area (Å²) in [6.07, 6.45) is 0.815. The van der Waals surface area contributed by atoms with Crippen LogP contribution in [0.5, 0.6) is 0 Å². The van der Waals surface area contributed by atoms with Crippen LogP contribution in [0.2, 0.25) is 0 Å². The quantitative estimate of drug-likeness (QED) is 0.552. The Balaban J connectivity index is 1.32. The minimum absolute atomic E-state index is 0.0665. The first kappa shape index (κ1) is 21.0. The summed E-state index contributed by atoms with van der Waals surface area (Å²) < 4.78 is 18.7. The molecule has 0 aliphatic carbocycles. The van der Waals surface area contributed by atoms with Crippen molar-refractivity contribution >= 4 is 11.8 Å².